The summed E-state index contributed by atoms with van der Waals surface area (Å²) in [5.74, 6) is -2.28. The smallest absolute Gasteiger partial charge is 0.337 e. The van der Waals surface area contributed by atoms with Crippen LogP contribution in [0.3, 0.4) is 0 Å². The van der Waals surface area contributed by atoms with Crippen LogP contribution in [0.1, 0.15) is 67.7 Å². The van der Waals surface area contributed by atoms with Crippen LogP contribution in [0.2, 0.25) is 0 Å². The Bertz CT molecular complexity index is 1320. The Balaban J connectivity index is 1.64. The van der Waals surface area contributed by atoms with Gasteiger partial charge < -0.3 is 19.9 Å². The Morgan fingerprint density at radius 3 is 2.65 bits per heavy atom. The summed E-state index contributed by atoms with van der Waals surface area (Å²) >= 11 is 1.60. The normalized spacial score (nSPS) is 22.1. The van der Waals surface area contributed by atoms with E-state index in [1.807, 2.05) is 17.5 Å². The van der Waals surface area contributed by atoms with Crippen molar-refractivity contribution in [2.24, 2.45) is 0 Å². The van der Waals surface area contributed by atoms with E-state index in [-0.39, 0.29) is 35.5 Å². The molecular formula is C27H28N2O7S. The van der Waals surface area contributed by atoms with Crippen molar-refractivity contribution < 1.29 is 29.1 Å². The van der Waals surface area contributed by atoms with E-state index in [2.05, 4.69) is 5.32 Å². The number of rotatable bonds is 6. The quantitative estimate of drug-likeness (QED) is 0.299. The number of aromatic hydroxyl groups is 1. The number of nitrogens with zero attached hydrogens (tertiary/aromatic N) is 1. The summed E-state index contributed by atoms with van der Waals surface area (Å²) in [5, 5.41) is 27.4. The van der Waals surface area contributed by atoms with Gasteiger partial charge in [0.15, 0.2) is 11.5 Å². The third kappa shape index (κ3) is 4.61. The van der Waals surface area contributed by atoms with E-state index in [9.17, 15) is 24.8 Å². The van der Waals surface area contributed by atoms with Crippen LogP contribution in [0.15, 0.2) is 52.2 Å². The van der Waals surface area contributed by atoms with Gasteiger partial charge in [0.1, 0.15) is 6.10 Å². The van der Waals surface area contributed by atoms with Gasteiger partial charge >= 0.3 is 11.7 Å². The lowest BCUT2D eigenvalue weighted by molar-refractivity contribution is -0.386. The third-order valence-electron chi connectivity index (χ3n) is 7.40. The topological polar surface area (TPSA) is 128 Å². The highest BCUT2D eigenvalue weighted by Crippen LogP contribution is 2.49. The predicted octanol–water partition coefficient (Wildman–Crippen LogP) is 5.22. The summed E-state index contributed by atoms with van der Waals surface area (Å²) in [6, 6.07) is 6.64. The second-order valence-corrected chi connectivity index (χ2v) is 10.7. The first-order valence-electron chi connectivity index (χ1n) is 12.3. The number of ketones is 1. The van der Waals surface area contributed by atoms with Gasteiger partial charge in [-0.15, -0.1) is 11.3 Å². The molecule has 0 amide bonds. The van der Waals surface area contributed by atoms with E-state index in [1.54, 1.807) is 18.3 Å². The van der Waals surface area contributed by atoms with E-state index in [0.29, 0.717) is 29.0 Å². The largest absolute Gasteiger partial charge is 0.500 e. The van der Waals surface area contributed by atoms with Crippen LogP contribution in [-0.2, 0) is 14.3 Å². The van der Waals surface area contributed by atoms with Crippen LogP contribution in [0.5, 0.6) is 11.5 Å². The maximum atomic E-state index is 13.7. The van der Waals surface area contributed by atoms with Crippen molar-refractivity contribution in [3.8, 4) is 11.5 Å². The number of phenols is 1. The van der Waals surface area contributed by atoms with Crippen LogP contribution in [0.25, 0.3) is 0 Å². The highest BCUT2D eigenvalue weighted by atomic mass is 32.1. The van der Waals surface area contributed by atoms with E-state index in [0.717, 1.165) is 30.6 Å². The molecule has 0 bridgehead atoms. The lowest BCUT2D eigenvalue weighted by atomic mass is 9.72. The molecule has 3 aliphatic rings. The third-order valence-corrected chi connectivity index (χ3v) is 8.43. The number of hydrogen-bond donors (Lipinski definition) is 2. The molecule has 2 aliphatic carbocycles. The number of thiophene rings is 1. The Kier molecular flexibility index (Phi) is 6.76. The van der Waals surface area contributed by atoms with Gasteiger partial charge in [0.2, 0.25) is 5.75 Å². The Morgan fingerprint density at radius 1 is 1.24 bits per heavy atom. The van der Waals surface area contributed by atoms with Crippen LogP contribution in [-0.4, -0.2) is 35.0 Å². The van der Waals surface area contributed by atoms with Crippen molar-refractivity contribution in [3.63, 3.8) is 0 Å². The fraction of sp³-hybridized carbons (Fsp3) is 0.407. The summed E-state index contributed by atoms with van der Waals surface area (Å²) in [6.07, 6.45) is 4.16. The van der Waals surface area contributed by atoms with E-state index in [1.165, 1.54) is 19.2 Å². The van der Waals surface area contributed by atoms with Crippen LogP contribution >= 0.6 is 11.3 Å². The number of carbonyl (C=O) groups excluding carboxylic acids is 2. The number of phenolic OH excluding ortho intramolecular Hbond substituents is 1. The van der Waals surface area contributed by atoms with Gasteiger partial charge in [-0.1, -0.05) is 6.07 Å². The molecule has 0 unspecified atom stereocenters. The average Bonchev–Trinajstić information content (AvgIpc) is 3.57. The second-order valence-electron chi connectivity index (χ2n) is 9.69. The first-order valence-corrected chi connectivity index (χ1v) is 13.2. The highest BCUT2D eigenvalue weighted by Gasteiger charge is 2.43. The summed E-state index contributed by atoms with van der Waals surface area (Å²) in [7, 11) is 1.30. The maximum Gasteiger partial charge on any atom is 0.337 e. The molecule has 5 rings (SSSR count). The van der Waals surface area contributed by atoms with Crippen molar-refractivity contribution in [2.45, 2.75) is 63.4 Å². The van der Waals surface area contributed by atoms with E-state index >= 15 is 0 Å². The molecule has 1 aromatic carbocycles. The molecule has 194 valence electrons. The summed E-state index contributed by atoms with van der Waals surface area (Å²) in [5.41, 5.74) is 1.65. The molecular weight excluding hydrogens is 496 g/mol. The molecule has 2 atom stereocenters. The van der Waals surface area contributed by atoms with Crippen molar-refractivity contribution in [2.75, 3.05) is 7.11 Å². The highest BCUT2D eigenvalue weighted by molar-refractivity contribution is 7.10. The zero-order valence-electron chi connectivity index (χ0n) is 20.6. The molecule has 0 spiro atoms. The number of ether oxygens (including phenoxy) is 2. The molecule has 2 aromatic rings. The SMILES string of the molecule is COc1cc([C@H]2C(C(=O)OC3CCCC3)=C(C)NC3=C2C(=O)C[C@@H](c2cccs2)C3)cc([N+](=O)[O-])c1O. The van der Waals surface area contributed by atoms with Gasteiger partial charge in [0.05, 0.1) is 17.6 Å². The monoisotopic (exact) mass is 524 g/mol. The van der Waals surface area contributed by atoms with Crippen LogP contribution in [0, 0.1) is 10.1 Å². The summed E-state index contributed by atoms with van der Waals surface area (Å²) in [6.45, 7) is 1.76. The minimum atomic E-state index is -0.893. The molecule has 2 heterocycles. The van der Waals surface area contributed by atoms with E-state index in [4.69, 9.17) is 9.47 Å². The van der Waals surface area contributed by atoms with Gasteiger partial charge in [-0.3, -0.25) is 14.9 Å². The van der Waals surface area contributed by atoms with Gasteiger partial charge in [-0.2, -0.15) is 0 Å². The average molecular weight is 525 g/mol. The molecule has 0 saturated heterocycles. The van der Waals surface area contributed by atoms with Crippen molar-refractivity contribution >= 4 is 28.8 Å². The number of nitrogens with one attached hydrogen (secondary N) is 1. The number of benzene rings is 1. The molecule has 1 fully saturated rings. The Labute approximate surface area is 217 Å². The summed E-state index contributed by atoms with van der Waals surface area (Å²) < 4.78 is 11.1. The van der Waals surface area contributed by atoms with Crippen molar-refractivity contribution in [3.05, 3.63) is 72.7 Å². The predicted molar refractivity (Wildman–Crippen MR) is 137 cm³/mol. The lowest BCUT2D eigenvalue weighted by Crippen LogP contribution is -2.36. The van der Waals surface area contributed by atoms with E-state index < -0.39 is 28.2 Å². The molecule has 1 saturated carbocycles. The number of nitro groups is 1. The van der Waals surface area contributed by atoms with Gasteiger partial charge in [0.25, 0.3) is 0 Å². The molecule has 1 aliphatic heterocycles. The molecule has 10 heteroatoms. The molecule has 0 radical (unpaired) electrons. The minimum Gasteiger partial charge on any atom is -0.500 e. The van der Waals surface area contributed by atoms with Crippen molar-refractivity contribution in [1.29, 1.82) is 0 Å². The molecule has 37 heavy (non-hydrogen) atoms. The van der Waals surface area contributed by atoms with Crippen LogP contribution in [0.4, 0.5) is 5.69 Å². The molecule has 9 nitrogen and oxygen atoms in total. The number of dihydropyridines is 1. The summed E-state index contributed by atoms with van der Waals surface area (Å²) in [4.78, 5) is 39.4. The fourth-order valence-electron chi connectivity index (χ4n) is 5.66. The number of methoxy groups -OCH3 is 1. The zero-order chi connectivity index (χ0) is 26.3. The lowest BCUT2D eigenvalue weighted by Gasteiger charge is -2.36. The fourth-order valence-corrected chi connectivity index (χ4v) is 6.49. The van der Waals surface area contributed by atoms with Crippen LogP contribution < -0.4 is 10.1 Å². The number of nitro benzene ring substituents is 1. The number of Topliss-reactive ketones (excluding diaryl/α,β-unsaturated/α-hetero) is 1. The first kappa shape index (κ1) is 25.0. The zero-order valence-corrected chi connectivity index (χ0v) is 21.4. The van der Waals surface area contributed by atoms with Gasteiger partial charge in [-0.05, 0) is 62.1 Å². The minimum absolute atomic E-state index is 0.00267. The number of allylic oxidation sites excluding steroid dienone is 3. The molecule has 2 N–H and O–H groups in total. The number of carbonyl (C=O) groups is 2. The number of hydrogen-bond acceptors (Lipinski definition) is 9. The first-order chi connectivity index (χ1) is 17.8. The van der Waals surface area contributed by atoms with Crippen molar-refractivity contribution in [1.82, 2.24) is 5.32 Å². The Morgan fingerprint density at radius 2 is 2.00 bits per heavy atom. The number of esters is 1. The second kappa shape index (κ2) is 10.0. The Hall–Kier alpha value is -3.66. The standard InChI is InChI=1S/C27H28N2O7S/c1-14-23(27(32)36-17-6-3-4-7-17)24(16-11-19(29(33)34)26(31)21(13-16)35-2)25-18(28-14)10-15(12-20(25)30)22-8-5-9-37-22/h5,8-9,11,13,15,17,24,28,31H,3-4,6-7,10,12H2,1-2H3/t15-,24-/m0/s1. The maximum absolute atomic E-state index is 13.7. The molecule has 1 aromatic heterocycles. The van der Waals surface area contributed by atoms with Gasteiger partial charge in [0, 0.05) is 46.2 Å². The van der Waals surface area contributed by atoms with Gasteiger partial charge in [-0.25, -0.2) is 4.79 Å².